The molecule has 2 unspecified atom stereocenters. The van der Waals surface area contributed by atoms with E-state index in [1.165, 1.54) is 109 Å². The summed E-state index contributed by atoms with van der Waals surface area (Å²) in [7, 11) is 4.64. The van der Waals surface area contributed by atoms with Crippen LogP contribution in [0.25, 0.3) is 0 Å². The van der Waals surface area contributed by atoms with E-state index in [4.69, 9.17) is 4.74 Å². The van der Waals surface area contributed by atoms with Crippen LogP contribution >= 0.6 is 0 Å². The van der Waals surface area contributed by atoms with Crippen molar-refractivity contribution >= 4 is 0 Å². The molecule has 150 valence electrons. The molecule has 0 amide bonds. The van der Waals surface area contributed by atoms with E-state index in [2.05, 4.69) is 27.9 Å². The number of hydrogen-bond acceptors (Lipinski definition) is 1. The summed E-state index contributed by atoms with van der Waals surface area (Å²) in [6.07, 6.45) is 24.1. The van der Waals surface area contributed by atoms with Crippen LogP contribution in [0.1, 0.15) is 117 Å². The Balaban J connectivity index is 1.72. The Bertz CT molecular complexity index is 302. The molecule has 0 aromatic carbocycles. The van der Waals surface area contributed by atoms with Crippen molar-refractivity contribution in [2.24, 2.45) is 0 Å². The first-order chi connectivity index (χ1) is 12.1. The molecule has 1 fully saturated rings. The van der Waals surface area contributed by atoms with E-state index in [1.54, 1.807) is 0 Å². The lowest BCUT2D eigenvalue weighted by molar-refractivity contribution is -0.911. The Morgan fingerprint density at radius 1 is 0.600 bits per heavy atom. The maximum absolute atomic E-state index is 5.63. The molecule has 25 heavy (non-hydrogen) atoms. The SMILES string of the molecule is CCCCCCCCCCCCCCCCCC[N+](C)(C)C1OC1C. The van der Waals surface area contributed by atoms with Crippen molar-refractivity contribution in [1.82, 2.24) is 0 Å². The molecule has 0 aromatic rings. The molecular weight excluding hydrogens is 306 g/mol. The van der Waals surface area contributed by atoms with Gasteiger partial charge in [-0.15, -0.1) is 0 Å². The maximum Gasteiger partial charge on any atom is 0.220 e. The second kappa shape index (κ2) is 14.0. The van der Waals surface area contributed by atoms with Crippen molar-refractivity contribution in [3.8, 4) is 0 Å². The predicted molar refractivity (Wildman–Crippen MR) is 111 cm³/mol. The van der Waals surface area contributed by atoms with Gasteiger partial charge >= 0.3 is 0 Å². The van der Waals surface area contributed by atoms with Crippen LogP contribution in [0.2, 0.25) is 0 Å². The van der Waals surface area contributed by atoms with Gasteiger partial charge < -0.3 is 9.22 Å². The van der Waals surface area contributed by atoms with Gasteiger partial charge in [-0.3, -0.25) is 0 Å². The summed E-state index contributed by atoms with van der Waals surface area (Å²) in [6, 6.07) is 0. The Morgan fingerprint density at radius 2 is 0.920 bits per heavy atom. The van der Waals surface area contributed by atoms with E-state index in [0.717, 1.165) is 4.48 Å². The quantitative estimate of drug-likeness (QED) is 0.146. The third-order valence-corrected chi connectivity index (χ3v) is 5.96. The summed E-state index contributed by atoms with van der Waals surface area (Å²) >= 11 is 0. The fourth-order valence-corrected chi connectivity index (χ4v) is 4.10. The zero-order valence-corrected chi connectivity index (χ0v) is 18.0. The molecule has 1 rings (SSSR count). The zero-order chi connectivity index (χ0) is 18.4. The molecule has 2 heteroatoms. The molecule has 0 N–H and O–H groups in total. The molecular formula is C23H48NO+. The second-order valence-corrected chi connectivity index (χ2v) is 9.04. The number of nitrogens with zero attached hydrogens (tertiary/aromatic N) is 1. The number of likely N-dealkylation sites (N-methyl/N-ethyl adjacent to an activating group) is 1. The standard InChI is InChI=1S/C23H48NO/c1-5-6-7-8-9-10-11-12-13-14-15-16-17-18-19-20-21-24(3,4)23-22(2)25-23/h22-23H,5-21H2,1-4H3/q+1. The average Bonchev–Trinajstić information content (AvgIpc) is 3.32. The number of rotatable bonds is 18. The molecule has 1 heterocycles. The van der Waals surface area contributed by atoms with E-state index in [0.29, 0.717) is 12.3 Å². The molecule has 1 aliphatic heterocycles. The van der Waals surface area contributed by atoms with Gasteiger partial charge in [0, 0.05) is 0 Å². The molecule has 0 radical (unpaired) electrons. The van der Waals surface area contributed by atoms with Gasteiger partial charge in [0.2, 0.25) is 6.23 Å². The predicted octanol–water partition coefficient (Wildman–Crippen LogP) is 7.07. The van der Waals surface area contributed by atoms with Gasteiger partial charge in [0.25, 0.3) is 0 Å². The second-order valence-electron chi connectivity index (χ2n) is 9.04. The smallest absolute Gasteiger partial charge is 0.220 e. The number of quaternary nitrogens is 1. The lowest BCUT2D eigenvalue weighted by Gasteiger charge is -2.27. The molecule has 0 saturated carbocycles. The van der Waals surface area contributed by atoms with E-state index in [1.807, 2.05) is 0 Å². The molecule has 0 aromatic heterocycles. The number of hydrogen-bond donors (Lipinski definition) is 0. The van der Waals surface area contributed by atoms with Crippen molar-refractivity contribution in [1.29, 1.82) is 0 Å². The van der Waals surface area contributed by atoms with Gasteiger partial charge in [-0.1, -0.05) is 96.8 Å². The average molecular weight is 355 g/mol. The highest BCUT2D eigenvalue weighted by molar-refractivity contribution is 4.71. The molecule has 0 spiro atoms. The lowest BCUT2D eigenvalue weighted by Crippen LogP contribution is -2.44. The van der Waals surface area contributed by atoms with Crippen LogP contribution in [0.5, 0.6) is 0 Å². The largest absolute Gasteiger partial charge is 0.315 e. The number of ether oxygens (including phenoxy) is 1. The van der Waals surface area contributed by atoms with E-state index in [-0.39, 0.29) is 0 Å². The zero-order valence-electron chi connectivity index (χ0n) is 18.0. The van der Waals surface area contributed by atoms with E-state index >= 15 is 0 Å². The molecule has 0 bridgehead atoms. The Hall–Kier alpha value is -0.0800. The first-order valence-corrected chi connectivity index (χ1v) is 11.6. The van der Waals surface area contributed by atoms with Gasteiger partial charge in [-0.2, -0.15) is 0 Å². The topological polar surface area (TPSA) is 12.5 Å². The molecule has 0 aliphatic carbocycles. The summed E-state index contributed by atoms with van der Waals surface area (Å²) < 4.78 is 6.69. The highest BCUT2D eigenvalue weighted by atomic mass is 16.6. The summed E-state index contributed by atoms with van der Waals surface area (Å²) in [5.74, 6) is 0. The first-order valence-electron chi connectivity index (χ1n) is 11.6. The fourth-order valence-electron chi connectivity index (χ4n) is 4.10. The van der Waals surface area contributed by atoms with Crippen molar-refractivity contribution in [3.05, 3.63) is 0 Å². The van der Waals surface area contributed by atoms with Crippen LogP contribution in [0.4, 0.5) is 0 Å². The van der Waals surface area contributed by atoms with Crippen molar-refractivity contribution in [2.75, 3.05) is 20.6 Å². The van der Waals surface area contributed by atoms with Crippen LogP contribution in [-0.4, -0.2) is 37.5 Å². The van der Waals surface area contributed by atoms with Crippen LogP contribution in [0, 0.1) is 0 Å². The van der Waals surface area contributed by atoms with Gasteiger partial charge in [-0.25, -0.2) is 0 Å². The van der Waals surface area contributed by atoms with Gasteiger partial charge in [-0.05, 0) is 19.8 Å². The number of unbranched alkanes of at least 4 members (excludes halogenated alkanes) is 15. The van der Waals surface area contributed by atoms with E-state index in [9.17, 15) is 0 Å². The maximum atomic E-state index is 5.63. The number of epoxide rings is 1. The fraction of sp³-hybridized carbons (Fsp3) is 1.00. The molecule has 2 atom stereocenters. The summed E-state index contributed by atoms with van der Waals surface area (Å²) in [4.78, 5) is 0. The summed E-state index contributed by atoms with van der Waals surface area (Å²) in [5.41, 5.74) is 0. The van der Waals surface area contributed by atoms with E-state index < -0.39 is 0 Å². The minimum Gasteiger partial charge on any atom is -0.315 e. The van der Waals surface area contributed by atoms with Crippen molar-refractivity contribution in [3.63, 3.8) is 0 Å². The highest BCUT2D eigenvalue weighted by Gasteiger charge is 2.47. The Kier molecular flexibility index (Phi) is 12.9. The highest BCUT2D eigenvalue weighted by Crippen LogP contribution is 2.29. The third kappa shape index (κ3) is 12.0. The van der Waals surface area contributed by atoms with Crippen LogP contribution in [0.15, 0.2) is 0 Å². The summed E-state index contributed by atoms with van der Waals surface area (Å²) in [5, 5.41) is 0. The molecule has 1 saturated heterocycles. The van der Waals surface area contributed by atoms with Crippen molar-refractivity contribution in [2.45, 2.75) is 129 Å². The summed E-state index contributed by atoms with van der Waals surface area (Å²) in [6.45, 7) is 5.76. The first kappa shape index (κ1) is 23.0. The molecule has 2 nitrogen and oxygen atoms in total. The van der Waals surface area contributed by atoms with Crippen LogP contribution in [-0.2, 0) is 4.74 Å². The minimum atomic E-state index is 0.469. The van der Waals surface area contributed by atoms with Gasteiger partial charge in [0.1, 0.15) is 6.10 Å². The van der Waals surface area contributed by atoms with Crippen molar-refractivity contribution < 1.29 is 9.22 Å². The van der Waals surface area contributed by atoms with Gasteiger partial charge in [0.15, 0.2) is 0 Å². The third-order valence-electron chi connectivity index (χ3n) is 5.96. The monoisotopic (exact) mass is 354 g/mol. The molecule has 1 aliphatic rings. The Labute approximate surface area is 159 Å². The lowest BCUT2D eigenvalue weighted by atomic mass is 10.0. The van der Waals surface area contributed by atoms with Crippen LogP contribution in [0.3, 0.4) is 0 Å². The Morgan fingerprint density at radius 3 is 1.24 bits per heavy atom. The normalized spacial score (nSPS) is 20.2. The van der Waals surface area contributed by atoms with Crippen LogP contribution < -0.4 is 0 Å². The minimum absolute atomic E-state index is 0.469. The van der Waals surface area contributed by atoms with Gasteiger partial charge in [0.05, 0.1) is 20.6 Å².